The van der Waals surface area contributed by atoms with E-state index >= 15 is 0 Å². The lowest BCUT2D eigenvalue weighted by atomic mass is 10.2. The van der Waals surface area contributed by atoms with Gasteiger partial charge in [0.2, 0.25) is 0 Å². The van der Waals surface area contributed by atoms with E-state index in [1.807, 2.05) is 23.6 Å². The summed E-state index contributed by atoms with van der Waals surface area (Å²) in [6, 6.07) is 6.87. The van der Waals surface area contributed by atoms with Gasteiger partial charge in [-0.05, 0) is 74.8 Å². The standard InChI is InChI=1S/C14H8Br2ClFN2S/c1-6-2-8(16)12(4-9(6)17)20-13-3-7(15)10(18)5-11(13)19-14(20)21/h2-5H,1H3,(H,19,21). The molecule has 108 valence electrons. The van der Waals surface area contributed by atoms with Gasteiger partial charge in [0.15, 0.2) is 4.77 Å². The Bertz CT molecular complexity index is 933. The van der Waals surface area contributed by atoms with Gasteiger partial charge in [-0.25, -0.2) is 4.39 Å². The number of benzene rings is 2. The zero-order valence-electron chi connectivity index (χ0n) is 10.7. The topological polar surface area (TPSA) is 20.7 Å². The summed E-state index contributed by atoms with van der Waals surface area (Å²) in [5.74, 6) is -0.341. The third-order valence-corrected chi connectivity index (χ3v) is 5.13. The highest BCUT2D eigenvalue weighted by atomic mass is 79.9. The Morgan fingerprint density at radius 3 is 2.62 bits per heavy atom. The molecule has 2 aromatic carbocycles. The number of imidazole rings is 1. The summed E-state index contributed by atoms with van der Waals surface area (Å²) in [6.45, 7) is 1.93. The lowest BCUT2D eigenvalue weighted by molar-refractivity contribution is 0.623. The zero-order valence-corrected chi connectivity index (χ0v) is 15.4. The molecule has 0 radical (unpaired) electrons. The number of hydrogen-bond donors (Lipinski definition) is 1. The van der Waals surface area contributed by atoms with Crippen LogP contribution in [-0.4, -0.2) is 9.55 Å². The van der Waals surface area contributed by atoms with Crippen LogP contribution in [0.2, 0.25) is 5.02 Å². The van der Waals surface area contributed by atoms with E-state index in [0.717, 1.165) is 21.2 Å². The molecule has 21 heavy (non-hydrogen) atoms. The number of nitrogens with zero attached hydrogens (tertiary/aromatic N) is 1. The van der Waals surface area contributed by atoms with E-state index < -0.39 is 0 Å². The first-order valence-electron chi connectivity index (χ1n) is 5.94. The van der Waals surface area contributed by atoms with Crippen LogP contribution >= 0.6 is 55.7 Å². The van der Waals surface area contributed by atoms with Crippen molar-refractivity contribution < 1.29 is 4.39 Å². The van der Waals surface area contributed by atoms with Gasteiger partial charge in [0.1, 0.15) is 5.82 Å². The minimum absolute atomic E-state index is 0.341. The van der Waals surface area contributed by atoms with Crippen molar-refractivity contribution in [1.82, 2.24) is 9.55 Å². The molecule has 3 aromatic rings. The Balaban J connectivity index is 2.40. The van der Waals surface area contributed by atoms with Gasteiger partial charge in [-0.2, -0.15) is 0 Å². The monoisotopic (exact) mass is 448 g/mol. The van der Waals surface area contributed by atoms with E-state index in [1.165, 1.54) is 6.07 Å². The minimum Gasteiger partial charge on any atom is -0.330 e. The van der Waals surface area contributed by atoms with Crippen LogP contribution in [0.5, 0.6) is 0 Å². The molecule has 0 amide bonds. The molecule has 3 rings (SSSR count). The molecule has 0 bridgehead atoms. The molecule has 0 unspecified atom stereocenters. The molecule has 0 aliphatic rings. The van der Waals surface area contributed by atoms with Crippen LogP contribution in [0.15, 0.2) is 33.2 Å². The number of halogens is 4. The Morgan fingerprint density at radius 1 is 1.19 bits per heavy atom. The number of nitrogens with one attached hydrogen (secondary N) is 1. The molecule has 1 N–H and O–H groups in total. The molecule has 0 aliphatic carbocycles. The lowest BCUT2D eigenvalue weighted by Gasteiger charge is -2.10. The Hall–Kier alpha value is -0.690. The number of rotatable bonds is 1. The third kappa shape index (κ3) is 2.59. The largest absolute Gasteiger partial charge is 0.330 e. The number of fused-ring (bicyclic) bond motifs is 1. The highest BCUT2D eigenvalue weighted by molar-refractivity contribution is 9.10. The Kier molecular flexibility index (Phi) is 3.98. The first kappa shape index (κ1) is 15.2. The molecule has 0 saturated heterocycles. The van der Waals surface area contributed by atoms with Gasteiger partial charge in [-0.1, -0.05) is 11.6 Å². The molecular weight excluding hydrogens is 442 g/mol. The fraction of sp³-hybridized carbons (Fsp3) is 0.0714. The highest BCUT2D eigenvalue weighted by Crippen LogP contribution is 2.32. The summed E-state index contributed by atoms with van der Waals surface area (Å²) >= 11 is 18.3. The summed E-state index contributed by atoms with van der Waals surface area (Å²) in [7, 11) is 0. The predicted molar refractivity (Wildman–Crippen MR) is 93.6 cm³/mol. The molecule has 0 aliphatic heterocycles. The van der Waals surface area contributed by atoms with Crippen molar-refractivity contribution in [3.05, 3.63) is 54.4 Å². The minimum atomic E-state index is -0.341. The summed E-state index contributed by atoms with van der Waals surface area (Å²) in [4.78, 5) is 3.01. The van der Waals surface area contributed by atoms with Gasteiger partial charge in [-0.3, -0.25) is 4.57 Å². The van der Waals surface area contributed by atoms with Crippen molar-refractivity contribution >= 4 is 66.7 Å². The summed E-state index contributed by atoms with van der Waals surface area (Å²) in [5, 5.41) is 0.644. The Morgan fingerprint density at radius 2 is 1.90 bits per heavy atom. The molecule has 0 spiro atoms. The van der Waals surface area contributed by atoms with Crippen molar-refractivity contribution in [2.24, 2.45) is 0 Å². The molecule has 2 nitrogen and oxygen atoms in total. The molecular formula is C14H8Br2ClFN2S. The molecule has 0 atom stereocenters. The van der Waals surface area contributed by atoms with Crippen molar-refractivity contribution in [3.63, 3.8) is 0 Å². The summed E-state index contributed by atoms with van der Waals surface area (Å²) in [5.41, 5.74) is 3.17. The quantitative estimate of drug-likeness (QED) is 0.431. The Labute approximate surface area is 147 Å². The van der Waals surface area contributed by atoms with Crippen LogP contribution in [0.3, 0.4) is 0 Å². The van der Waals surface area contributed by atoms with E-state index in [1.54, 1.807) is 6.07 Å². The number of H-pyrrole nitrogens is 1. The smallest absolute Gasteiger partial charge is 0.182 e. The predicted octanol–water partition coefficient (Wildman–Crippen LogP) is 6.31. The normalized spacial score (nSPS) is 11.3. The van der Waals surface area contributed by atoms with E-state index in [9.17, 15) is 4.39 Å². The second-order valence-electron chi connectivity index (χ2n) is 4.60. The second kappa shape index (κ2) is 5.50. The number of aromatic nitrogens is 2. The van der Waals surface area contributed by atoms with Gasteiger partial charge in [0.25, 0.3) is 0 Å². The van der Waals surface area contributed by atoms with Crippen molar-refractivity contribution in [1.29, 1.82) is 0 Å². The lowest BCUT2D eigenvalue weighted by Crippen LogP contribution is -1.96. The summed E-state index contributed by atoms with van der Waals surface area (Å²) < 4.78 is 17.2. The van der Waals surface area contributed by atoms with Gasteiger partial charge in [0.05, 0.1) is 21.2 Å². The van der Waals surface area contributed by atoms with Gasteiger partial charge in [0, 0.05) is 15.6 Å². The maximum Gasteiger partial charge on any atom is 0.182 e. The maximum absolute atomic E-state index is 13.6. The molecule has 7 heteroatoms. The number of aromatic amines is 1. The highest BCUT2D eigenvalue weighted by Gasteiger charge is 2.13. The van der Waals surface area contributed by atoms with Crippen molar-refractivity contribution in [3.8, 4) is 5.69 Å². The first-order valence-corrected chi connectivity index (χ1v) is 8.31. The fourth-order valence-electron chi connectivity index (χ4n) is 2.15. The van der Waals surface area contributed by atoms with Crippen LogP contribution in [-0.2, 0) is 0 Å². The first-order chi connectivity index (χ1) is 9.88. The van der Waals surface area contributed by atoms with E-state index in [-0.39, 0.29) is 5.82 Å². The van der Waals surface area contributed by atoms with Crippen molar-refractivity contribution in [2.45, 2.75) is 6.92 Å². The van der Waals surface area contributed by atoms with Crippen LogP contribution in [0.25, 0.3) is 16.7 Å². The number of aryl methyl sites for hydroxylation is 1. The third-order valence-electron chi connectivity index (χ3n) is 3.19. The average molecular weight is 451 g/mol. The van der Waals surface area contributed by atoms with Gasteiger partial charge >= 0.3 is 0 Å². The molecule has 1 aromatic heterocycles. The van der Waals surface area contributed by atoms with Crippen LogP contribution in [0.4, 0.5) is 4.39 Å². The number of hydrogen-bond acceptors (Lipinski definition) is 1. The zero-order chi connectivity index (χ0) is 15.3. The molecule has 1 heterocycles. The molecule has 0 fully saturated rings. The van der Waals surface area contributed by atoms with Gasteiger partial charge < -0.3 is 4.98 Å². The summed E-state index contributed by atoms with van der Waals surface area (Å²) in [6.07, 6.45) is 0. The van der Waals surface area contributed by atoms with Gasteiger partial charge in [-0.15, -0.1) is 0 Å². The van der Waals surface area contributed by atoms with E-state index in [4.69, 9.17) is 23.8 Å². The van der Waals surface area contributed by atoms with Crippen LogP contribution < -0.4 is 0 Å². The SMILES string of the molecule is Cc1cc(Br)c(-n2c(=S)[nH]c3cc(F)c(Br)cc32)cc1Cl. The average Bonchev–Trinajstić information content (AvgIpc) is 2.70. The molecule has 0 saturated carbocycles. The van der Waals surface area contributed by atoms with E-state index in [0.29, 0.717) is 19.8 Å². The fourth-order valence-corrected chi connectivity index (χ4v) is 3.58. The van der Waals surface area contributed by atoms with E-state index in [2.05, 4.69) is 36.8 Å². The van der Waals surface area contributed by atoms with Crippen molar-refractivity contribution in [2.75, 3.05) is 0 Å². The maximum atomic E-state index is 13.6. The second-order valence-corrected chi connectivity index (χ2v) is 7.10. The van der Waals surface area contributed by atoms with Crippen LogP contribution in [0, 0.1) is 17.5 Å². The van der Waals surface area contributed by atoms with Crippen LogP contribution in [0.1, 0.15) is 5.56 Å².